The zero-order valence-corrected chi connectivity index (χ0v) is 16.9. The van der Waals surface area contributed by atoms with Gasteiger partial charge >= 0.3 is 0 Å². The van der Waals surface area contributed by atoms with Crippen molar-refractivity contribution in [2.45, 2.75) is 50.8 Å². The van der Waals surface area contributed by atoms with Crippen LogP contribution in [0, 0.1) is 0 Å². The maximum Gasteiger partial charge on any atom is 0.267 e. The van der Waals surface area contributed by atoms with Crippen molar-refractivity contribution in [2.24, 2.45) is 7.05 Å². The van der Waals surface area contributed by atoms with E-state index < -0.39 is 0 Å². The molecule has 2 aromatic heterocycles. The molecule has 0 bridgehead atoms. The molecule has 1 amide bonds. The molecule has 0 saturated carbocycles. The number of carbonyl (C=O) groups is 1. The van der Waals surface area contributed by atoms with E-state index >= 15 is 0 Å². The number of hydrogen-bond acceptors (Lipinski definition) is 5. The van der Waals surface area contributed by atoms with Crippen molar-refractivity contribution >= 4 is 17.2 Å². The second kappa shape index (κ2) is 8.12. The summed E-state index contributed by atoms with van der Waals surface area (Å²) in [4.78, 5) is 19.4. The van der Waals surface area contributed by atoms with Gasteiger partial charge in [-0.05, 0) is 44.4 Å². The van der Waals surface area contributed by atoms with Crippen LogP contribution in [0.15, 0.2) is 17.5 Å². The summed E-state index contributed by atoms with van der Waals surface area (Å²) in [5.74, 6) is -0.0354. The molecular weight excluding hydrogens is 360 g/mol. The van der Waals surface area contributed by atoms with Crippen LogP contribution in [0.4, 0.5) is 0 Å². The summed E-state index contributed by atoms with van der Waals surface area (Å²) >= 11 is 1.73. The van der Waals surface area contributed by atoms with Gasteiger partial charge < -0.3 is 14.6 Å². The maximum atomic E-state index is 12.1. The number of hydrogen-bond donors (Lipinski definition) is 1. The zero-order chi connectivity index (χ0) is 18.8. The van der Waals surface area contributed by atoms with E-state index in [-0.39, 0.29) is 12.0 Å². The predicted octanol–water partition coefficient (Wildman–Crippen LogP) is 3.42. The Morgan fingerprint density at radius 2 is 2.22 bits per heavy atom. The number of ether oxygens (including phenoxy) is 1. The monoisotopic (exact) mass is 388 g/mol. The van der Waals surface area contributed by atoms with E-state index in [1.807, 2.05) is 17.7 Å². The third kappa shape index (κ3) is 3.81. The number of nitrogens with zero attached hydrogens (tertiary/aromatic N) is 3. The average Bonchev–Trinajstić information content (AvgIpc) is 3.42. The minimum absolute atomic E-state index is 0.0354. The van der Waals surface area contributed by atoms with Crippen molar-refractivity contribution in [2.75, 3.05) is 20.2 Å². The number of amides is 1. The number of piperidine rings is 1. The highest BCUT2D eigenvalue weighted by molar-refractivity contribution is 7.09. The highest BCUT2D eigenvalue weighted by atomic mass is 32.1. The molecule has 6 nitrogen and oxygen atoms in total. The summed E-state index contributed by atoms with van der Waals surface area (Å²) in [5, 5.41) is 6.03. The van der Waals surface area contributed by atoms with Gasteiger partial charge in [0.1, 0.15) is 16.8 Å². The Labute approximate surface area is 164 Å². The quantitative estimate of drug-likeness (QED) is 0.853. The second-order valence-electron chi connectivity index (χ2n) is 7.44. The smallest absolute Gasteiger partial charge is 0.267 e. The number of aromatic nitrogens is 2. The summed E-state index contributed by atoms with van der Waals surface area (Å²) in [5.41, 5.74) is 3.06. The van der Waals surface area contributed by atoms with E-state index in [1.165, 1.54) is 18.5 Å². The lowest BCUT2D eigenvalue weighted by atomic mass is 9.99. The van der Waals surface area contributed by atoms with E-state index in [0.717, 1.165) is 49.7 Å². The summed E-state index contributed by atoms with van der Waals surface area (Å²) < 4.78 is 7.82. The van der Waals surface area contributed by atoms with Crippen molar-refractivity contribution in [1.82, 2.24) is 19.8 Å². The molecule has 1 N–H and O–H groups in total. The van der Waals surface area contributed by atoms with Crippen molar-refractivity contribution in [1.29, 1.82) is 0 Å². The van der Waals surface area contributed by atoms with Crippen LogP contribution >= 0.6 is 11.3 Å². The van der Waals surface area contributed by atoms with Gasteiger partial charge in [-0.25, -0.2) is 4.98 Å². The molecule has 0 unspecified atom stereocenters. The molecule has 146 valence electrons. The van der Waals surface area contributed by atoms with Crippen LogP contribution in [0.5, 0.6) is 0 Å². The first-order chi connectivity index (χ1) is 13.2. The molecule has 7 heteroatoms. The van der Waals surface area contributed by atoms with Gasteiger partial charge in [-0.3, -0.25) is 9.69 Å². The topological polar surface area (TPSA) is 59.4 Å². The Hall–Kier alpha value is -1.70. The molecule has 2 saturated heterocycles. The van der Waals surface area contributed by atoms with Crippen molar-refractivity contribution in [3.63, 3.8) is 0 Å². The minimum atomic E-state index is -0.0354. The number of carbonyl (C=O) groups excluding carboxylic acids is 1. The van der Waals surface area contributed by atoms with Gasteiger partial charge in [0.05, 0.1) is 11.7 Å². The van der Waals surface area contributed by atoms with Gasteiger partial charge in [-0.1, -0.05) is 6.42 Å². The fourth-order valence-electron chi connectivity index (χ4n) is 4.26. The first-order valence-corrected chi connectivity index (χ1v) is 10.7. The highest BCUT2D eigenvalue weighted by Crippen LogP contribution is 2.34. The fraction of sp³-hybridized carbons (Fsp3) is 0.600. The highest BCUT2D eigenvalue weighted by Gasteiger charge is 2.28. The second-order valence-corrected chi connectivity index (χ2v) is 8.33. The molecule has 2 aliphatic heterocycles. The lowest BCUT2D eigenvalue weighted by molar-refractivity contribution is 0.0952. The van der Waals surface area contributed by atoms with Crippen LogP contribution in [0.2, 0.25) is 0 Å². The predicted molar refractivity (Wildman–Crippen MR) is 106 cm³/mol. The molecular formula is C20H28N4O2S. The normalized spacial score (nSPS) is 23.6. The standard InChI is InChI=1S/C20H28N4O2S/c1-21-19(25)17-9-8-15(23(17)2)16-6-3-4-10-24(16)12-14-13-27-20(22-14)18-7-5-11-26-18/h8-9,13,16,18H,3-7,10-12H2,1-2H3,(H,21,25)/t16-,18+/m0/s1. The molecule has 0 aliphatic carbocycles. The summed E-state index contributed by atoms with van der Waals surface area (Å²) in [6.07, 6.45) is 5.98. The minimum Gasteiger partial charge on any atom is -0.371 e. The number of nitrogens with one attached hydrogen (secondary N) is 1. The lowest BCUT2D eigenvalue weighted by Gasteiger charge is -2.35. The Bertz CT molecular complexity index is 794. The molecule has 0 aromatic carbocycles. The van der Waals surface area contributed by atoms with Crippen LogP contribution in [0.3, 0.4) is 0 Å². The lowest BCUT2D eigenvalue weighted by Crippen LogP contribution is -2.34. The van der Waals surface area contributed by atoms with Gasteiger partial charge in [-0.2, -0.15) is 0 Å². The summed E-state index contributed by atoms with van der Waals surface area (Å²) in [6.45, 7) is 2.78. The number of likely N-dealkylation sites (tertiary alicyclic amines) is 1. The van der Waals surface area contributed by atoms with Crippen LogP contribution in [-0.4, -0.2) is 40.6 Å². The van der Waals surface area contributed by atoms with Gasteiger partial charge in [0, 0.05) is 38.3 Å². The first kappa shape index (κ1) is 18.7. The average molecular weight is 389 g/mol. The summed E-state index contributed by atoms with van der Waals surface area (Å²) in [7, 11) is 3.67. The van der Waals surface area contributed by atoms with Crippen LogP contribution in [0.1, 0.15) is 71.1 Å². The van der Waals surface area contributed by atoms with Crippen LogP contribution in [-0.2, 0) is 18.3 Å². The van der Waals surface area contributed by atoms with Crippen molar-refractivity contribution in [3.8, 4) is 0 Å². The Morgan fingerprint density at radius 3 is 3.00 bits per heavy atom. The molecule has 0 spiro atoms. The molecule has 2 fully saturated rings. The van der Waals surface area contributed by atoms with E-state index in [4.69, 9.17) is 9.72 Å². The fourth-order valence-corrected chi connectivity index (χ4v) is 5.15. The molecule has 2 atom stereocenters. The molecule has 2 aliphatic rings. The third-order valence-electron chi connectivity index (χ3n) is 5.72. The molecule has 4 rings (SSSR count). The van der Waals surface area contributed by atoms with Crippen molar-refractivity contribution in [3.05, 3.63) is 39.6 Å². The molecule has 27 heavy (non-hydrogen) atoms. The third-order valence-corrected chi connectivity index (χ3v) is 6.70. The summed E-state index contributed by atoms with van der Waals surface area (Å²) in [6, 6.07) is 4.36. The van der Waals surface area contributed by atoms with Gasteiger partial charge in [0.2, 0.25) is 0 Å². The molecule has 4 heterocycles. The zero-order valence-electron chi connectivity index (χ0n) is 16.1. The van der Waals surface area contributed by atoms with Crippen LogP contribution < -0.4 is 5.32 Å². The van der Waals surface area contributed by atoms with Crippen molar-refractivity contribution < 1.29 is 9.53 Å². The Kier molecular flexibility index (Phi) is 5.61. The van der Waals surface area contributed by atoms with E-state index in [9.17, 15) is 4.79 Å². The Balaban J connectivity index is 1.51. The van der Waals surface area contributed by atoms with E-state index in [2.05, 4.69) is 21.7 Å². The first-order valence-electron chi connectivity index (χ1n) is 9.85. The number of thiazole rings is 1. The SMILES string of the molecule is CNC(=O)c1ccc([C@@H]2CCCCN2Cc2csc([C@H]3CCCO3)n2)n1C. The van der Waals surface area contributed by atoms with Crippen LogP contribution in [0.25, 0.3) is 0 Å². The largest absolute Gasteiger partial charge is 0.371 e. The van der Waals surface area contributed by atoms with E-state index in [1.54, 1.807) is 18.4 Å². The maximum absolute atomic E-state index is 12.1. The van der Waals surface area contributed by atoms with Gasteiger partial charge in [0.15, 0.2) is 0 Å². The molecule has 0 radical (unpaired) electrons. The van der Waals surface area contributed by atoms with Gasteiger partial charge in [-0.15, -0.1) is 11.3 Å². The Morgan fingerprint density at radius 1 is 1.33 bits per heavy atom. The van der Waals surface area contributed by atoms with Gasteiger partial charge in [0.25, 0.3) is 5.91 Å². The van der Waals surface area contributed by atoms with E-state index in [0.29, 0.717) is 11.7 Å². The number of rotatable bonds is 5. The molecule has 2 aromatic rings.